The number of para-hydroxylation sites is 1. The minimum Gasteiger partial charge on any atom is -0.493 e. The van der Waals surface area contributed by atoms with Crippen LogP contribution in [0.1, 0.15) is 24.0 Å². The summed E-state index contributed by atoms with van der Waals surface area (Å²) in [6.07, 6.45) is 4.12. The summed E-state index contributed by atoms with van der Waals surface area (Å²) >= 11 is 6.24. The SMILES string of the molecule is CN(C)CCCCOc1ccccc1CCc1ccccc1Cl. The van der Waals surface area contributed by atoms with Gasteiger partial charge in [0.1, 0.15) is 5.75 Å². The maximum absolute atomic E-state index is 6.24. The van der Waals surface area contributed by atoms with Crippen LogP contribution in [0.4, 0.5) is 0 Å². The molecule has 0 radical (unpaired) electrons. The zero-order chi connectivity index (χ0) is 16.5. The first kappa shape index (κ1) is 17.8. The molecule has 0 saturated heterocycles. The monoisotopic (exact) mass is 331 g/mol. The molecule has 0 atom stereocenters. The van der Waals surface area contributed by atoms with Crippen LogP contribution in [-0.4, -0.2) is 32.1 Å². The average Bonchev–Trinajstić information content (AvgIpc) is 2.54. The third-order valence-corrected chi connectivity index (χ3v) is 4.22. The molecule has 0 heterocycles. The fourth-order valence-electron chi connectivity index (χ4n) is 2.53. The van der Waals surface area contributed by atoms with Gasteiger partial charge in [-0.2, -0.15) is 0 Å². The summed E-state index contributed by atoms with van der Waals surface area (Å²) in [6, 6.07) is 16.4. The molecule has 0 spiro atoms. The molecular formula is C20H26ClNO. The molecule has 0 aliphatic heterocycles. The smallest absolute Gasteiger partial charge is 0.122 e. The van der Waals surface area contributed by atoms with Crippen LogP contribution in [0.3, 0.4) is 0 Å². The lowest BCUT2D eigenvalue weighted by atomic mass is 10.0. The molecule has 0 saturated carbocycles. The van der Waals surface area contributed by atoms with Crippen molar-refractivity contribution < 1.29 is 4.74 Å². The fourth-order valence-corrected chi connectivity index (χ4v) is 2.76. The topological polar surface area (TPSA) is 12.5 Å². The first-order valence-corrected chi connectivity index (χ1v) is 8.63. The van der Waals surface area contributed by atoms with Crippen molar-refractivity contribution in [2.75, 3.05) is 27.2 Å². The number of nitrogens with zero attached hydrogens (tertiary/aromatic N) is 1. The van der Waals surface area contributed by atoms with Crippen LogP contribution in [0.2, 0.25) is 5.02 Å². The lowest BCUT2D eigenvalue weighted by Crippen LogP contribution is -2.13. The van der Waals surface area contributed by atoms with Gasteiger partial charge in [-0.25, -0.2) is 0 Å². The number of halogens is 1. The largest absolute Gasteiger partial charge is 0.493 e. The van der Waals surface area contributed by atoms with Crippen molar-refractivity contribution in [2.45, 2.75) is 25.7 Å². The van der Waals surface area contributed by atoms with Crippen molar-refractivity contribution in [3.8, 4) is 5.75 Å². The van der Waals surface area contributed by atoms with Gasteiger partial charge >= 0.3 is 0 Å². The number of hydrogen-bond acceptors (Lipinski definition) is 2. The van der Waals surface area contributed by atoms with E-state index in [1.54, 1.807) is 0 Å². The zero-order valence-electron chi connectivity index (χ0n) is 14.1. The van der Waals surface area contributed by atoms with Crippen molar-refractivity contribution in [1.82, 2.24) is 4.90 Å². The van der Waals surface area contributed by atoms with E-state index >= 15 is 0 Å². The Hall–Kier alpha value is -1.51. The third kappa shape index (κ3) is 6.25. The normalized spacial score (nSPS) is 11.0. The van der Waals surface area contributed by atoms with Crippen molar-refractivity contribution in [3.63, 3.8) is 0 Å². The zero-order valence-corrected chi connectivity index (χ0v) is 14.9. The molecule has 0 unspecified atom stereocenters. The van der Waals surface area contributed by atoms with E-state index in [1.165, 1.54) is 11.1 Å². The summed E-state index contributed by atoms with van der Waals surface area (Å²) in [7, 11) is 4.20. The molecule has 0 N–H and O–H groups in total. The van der Waals surface area contributed by atoms with E-state index in [2.05, 4.69) is 43.3 Å². The van der Waals surface area contributed by atoms with Crippen LogP contribution < -0.4 is 4.74 Å². The van der Waals surface area contributed by atoms with E-state index in [9.17, 15) is 0 Å². The second-order valence-electron chi connectivity index (χ2n) is 6.06. The molecule has 3 heteroatoms. The predicted molar refractivity (Wildman–Crippen MR) is 98.6 cm³/mol. The van der Waals surface area contributed by atoms with E-state index in [0.717, 1.165) is 49.6 Å². The molecule has 2 aromatic carbocycles. The maximum atomic E-state index is 6.24. The molecule has 124 valence electrons. The number of aryl methyl sites for hydroxylation is 2. The molecule has 0 amide bonds. The fraction of sp³-hybridized carbons (Fsp3) is 0.400. The Bertz CT molecular complexity index is 598. The van der Waals surface area contributed by atoms with Crippen molar-refractivity contribution in [2.24, 2.45) is 0 Å². The third-order valence-electron chi connectivity index (χ3n) is 3.85. The quantitative estimate of drug-likeness (QED) is 0.609. The van der Waals surface area contributed by atoms with Gasteiger partial charge < -0.3 is 9.64 Å². The molecule has 23 heavy (non-hydrogen) atoms. The van der Waals surface area contributed by atoms with Gasteiger partial charge in [0.2, 0.25) is 0 Å². The Morgan fingerprint density at radius 2 is 1.52 bits per heavy atom. The summed E-state index contributed by atoms with van der Waals surface area (Å²) in [4.78, 5) is 2.21. The first-order valence-electron chi connectivity index (χ1n) is 8.25. The summed E-state index contributed by atoms with van der Waals surface area (Å²) in [5.41, 5.74) is 2.44. The maximum Gasteiger partial charge on any atom is 0.122 e. The number of ether oxygens (including phenoxy) is 1. The lowest BCUT2D eigenvalue weighted by Gasteiger charge is -2.13. The van der Waals surface area contributed by atoms with E-state index in [4.69, 9.17) is 16.3 Å². The molecule has 0 fully saturated rings. The van der Waals surface area contributed by atoms with Gasteiger partial charge in [0.25, 0.3) is 0 Å². The summed E-state index contributed by atoms with van der Waals surface area (Å²) < 4.78 is 5.99. The lowest BCUT2D eigenvalue weighted by molar-refractivity contribution is 0.290. The van der Waals surface area contributed by atoms with Crippen molar-refractivity contribution in [1.29, 1.82) is 0 Å². The molecular weight excluding hydrogens is 306 g/mol. The Balaban J connectivity index is 1.86. The number of hydrogen-bond donors (Lipinski definition) is 0. The first-order chi connectivity index (χ1) is 11.2. The van der Waals surface area contributed by atoms with E-state index in [1.807, 2.05) is 24.3 Å². The summed E-state index contributed by atoms with van der Waals surface area (Å²) in [5.74, 6) is 1.00. The van der Waals surface area contributed by atoms with Crippen LogP contribution in [0.15, 0.2) is 48.5 Å². The van der Waals surface area contributed by atoms with Crippen LogP contribution >= 0.6 is 11.6 Å². The highest BCUT2D eigenvalue weighted by atomic mass is 35.5. The van der Waals surface area contributed by atoms with Gasteiger partial charge in [0.05, 0.1) is 6.61 Å². The average molecular weight is 332 g/mol. The molecule has 2 aromatic rings. The second kappa shape index (κ2) is 9.59. The summed E-state index contributed by atoms with van der Waals surface area (Å²) in [6.45, 7) is 1.88. The van der Waals surface area contributed by atoms with E-state index in [0.29, 0.717) is 0 Å². The number of rotatable bonds is 9. The molecule has 0 aliphatic carbocycles. The number of benzene rings is 2. The molecule has 0 bridgehead atoms. The Morgan fingerprint density at radius 1 is 0.870 bits per heavy atom. The van der Waals surface area contributed by atoms with Crippen molar-refractivity contribution in [3.05, 3.63) is 64.7 Å². The van der Waals surface area contributed by atoms with Gasteiger partial charge in [-0.3, -0.25) is 0 Å². The molecule has 0 aromatic heterocycles. The molecule has 2 nitrogen and oxygen atoms in total. The minimum atomic E-state index is 0.775. The Labute approximate surface area is 145 Å². The van der Waals surface area contributed by atoms with Gasteiger partial charge in [-0.05, 0) is 69.6 Å². The predicted octanol–water partition coefficient (Wildman–Crippen LogP) is 4.85. The van der Waals surface area contributed by atoms with Gasteiger partial charge in [-0.1, -0.05) is 48.0 Å². The highest BCUT2D eigenvalue weighted by Gasteiger charge is 2.05. The standard InChI is InChI=1S/C20H26ClNO/c1-22(2)15-7-8-16-23-20-12-6-4-10-18(20)14-13-17-9-3-5-11-19(17)21/h3-6,9-12H,7-8,13-16H2,1-2H3. The van der Waals surface area contributed by atoms with Crippen LogP contribution in [0.5, 0.6) is 5.75 Å². The van der Waals surface area contributed by atoms with E-state index in [-0.39, 0.29) is 0 Å². The van der Waals surface area contributed by atoms with Gasteiger partial charge in [0.15, 0.2) is 0 Å². The highest BCUT2D eigenvalue weighted by Crippen LogP contribution is 2.22. The Morgan fingerprint density at radius 3 is 2.26 bits per heavy atom. The molecule has 2 rings (SSSR count). The van der Waals surface area contributed by atoms with E-state index < -0.39 is 0 Å². The Kier molecular flexibility index (Phi) is 7.44. The van der Waals surface area contributed by atoms with Gasteiger partial charge in [-0.15, -0.1) is 0 Å². The minimum absolute atomic E-state index is 0.775. The molecule has 0 aliphatic rings. The van der Waals surface area contributed by atoms with Crippen LogP contribution in [0.25, 0.3) is 0 Å². The van der Waals surface area contributed by atoms with Crippen LogP contribution in [0, 0.1) is 0 Å². The van der Waals surface area contributed by atoms with Gasteiger partial charge in [0, 0.05) is 5.02 Å². The van der Waals surface area contributed by atoms with Crippen LogP contribution in [-0.2, 0) is 12.8 Å². The number of unbranched alkanes of at least 4 members (excludes halogenated alkanes) is 1. The van der Waals surface area contributed by atoms with Crippen molar-refractivity contribution >= 4 is 11.6 Å². The highest BCUT2D eigenvalue weighted by molar-refractivity contribution is 6.31. The summed E-state index contributed by atoms with van der Waals surface area (Å²) in [5, 5.41) is 0.842. The second-order valence-corrected chi connectivity index (χ2v) is 6.47.